The maximum Gasteiger partial charge on any atom is 0.0458 e. The van der Waals surface area contributed by atoms with Crippen molar-refractivity contribution in [1.82, 2.24) is 10.3 Å². The van der Waals surface area contributed by atoms with E-state index in [2.05, 4.69) is 97.1 Å². The van der Waals surface area contributed by atoms with Crippen molar-refractivity contribution in [3.05, 3.63) is 108 Å². The Balaban J connectivity index is 1.66. The molecule has 1 aliphatic heterocycles. The summed E-state index contributed by atoms with van der Waals surface area (Å²) in [5, 5.41) is 3.60. The Morgan fingerprint density at radius 2 is 1.83 bits per heavy atom. The average molecular weight is 398 g/mol. The van der Waals surface area contributed by atoms with Crippen molar-refractivity contribution >= 4 is 5.69 Å². The van der Waals surface area contributed by atoms with Crippen LogP contribution < -0.4 is 10.2 Å². The molecular formula is C27H31N3. The van der Waals surface area contributed by atoms with Gasteiger partial charge >= 0.3 is 0 Å². The van der Waals surface area contributed by atoms with Gasteiger partial charge in [0.15, 0.2) is 0 Å². The highest BCUT2D eigenvalue weighted by Crippen LogP contribution is 2.47. The van der Waals surface area contributed by atoms with Crippen molar-refractivity contribution in [1.29, 1.82) is 0 Å². The van der Waals surface area contributed by atoms with Crippen molar-refractivity contribution in [2.24, 2.45) is 5.92 Å². The Kier molecular flexibility index (Phi) is 5.89. The maximum absolute atomic E-state index is 4.49. The van der Waals surface area contributed by atoms with Gasteiger partial charge < -0.3 is 10.2 Å². The molecule has 0 saturated heterocycles. The monoisotopic (exact) mass is 397 g/mol. The molecule has 2 heterocycles. The summed E-state index contributed by atoms with van der Waals surface area (Å²) in [7, 11) is 0. The van der Waals surface area contributed by atoms with E-state index < -0.39 is 0 Å². The number of fused-ring (bicyclic) bond motifs is 1. The smallest absolute Gasteiger partial charge is 0.0458 e. The van der Waals surface area contributed by atoms with E-state index in [-0.39, 0.29) is 5.92 Å². The van der Waals surface area contributed by atoms with Crippen LogP contribution >= 0.6 is 0 Å². The van der Waals surface area contributed by atoms with Gasteiger partial charge in [0.05, 0.1) is 0 Å². The summed E-state index contributed by atoms with van der Waals surface area (Å²) in [6.07, 6.45) is 3.72. The summed E-state index contributed by atoms with van der Waals surface area (Å²) in [6, 6.07) is 22.1. The van der Waals surface area contributed by atoms with Gasteiger partial charge in [0.25, 0.3) is 0 Å². The average Bonchev–Trinajstić information content (AvgIpc) is 3.07. The fourth-order valence-corrected chi connectivity index (χ4v) is 4.63. The lowest BCUT2D eigenvalue weighted by Crippen LogP contribution is -2.40. The number of hydrogen-bond donors (Lipinski definition) is 1. The summed E-state index contributed by atoms with van der Waals surface area (Å²) in [5.74, 6) is 0.740. The van der Waals surface area contributed by atoms with Crippen LogP contribution in [0.4, 0.5) is 5.69 Å². The molecule has 0 fully saturated rings. The third kappa shape index (κ3) is 4.11. The van der Waals surface area contributed by atoms with Crippen molar-refractivity contribution in [2.75, 3.05) is 4.90 Å². The van der Waals surface area contributed by atoms with E-state index in [0.29, 0.717) is 12.0 Å². The van der Waals surface area contributed by atoms with Crippen molar-refractivity contribution < 1.29 is 0 Å². The van der Waals surface area contributed by atoms with E-state index in [1.54, 1.807) is 0 Å². The molecule has 3 heteroatoms. The number of nitrogens with one attached hydrogen (secondary N) is 1. The Morgan fingerprint density at radius 3 is 2.53 bits per heavy atom. The van der Waals surface area contributed by atoms with E-state index in [1.807, 2.05) is 18.5 Å². The van der Waals surface area contributed by atoms with Gasteiger partial charge in [-0.05, 0) is 47.2 Å². The fraction of sp³-hybridized carbons (Fsp3) is 0.296. The number of nitrogens with zero attached hydrogens (tertiary/aromatic N) is 2. The van der Waals surface area contributed by atoms with E-state index in [4.69, 9.17) is 0 Å². The van der Waals surface area contributed by atoms with Crippen LogP contribution in [0.1, 0.15) is 42.0 Å². The van der Waals surface area contributed by atoms with Crippen LogP contribution in [0.25, 0.3) is 0 Å². The molecule has 4 rings (SSSR count). The Bertz CT molecular complexity index is 995. The molecule has 0 amide bonds. The van der Waals surface area contributed by atoms with Gasteiger partial charge in [-0.25, -0.2) is 0 Å². The van der Waals surface area contributed by atoms with Crippen LogP contribution in [0.3, 0.4) is 0 Å². The number of aryl methyl sites for hydroxylation is 1. The Hall–Kier alpha value is -3.07. The quantitative estimate of drug-likeness (QED) is 0.544. The lowest BCUT2D eigenvalue weighted by molar-refractivity contribution is 0.424. The highest BCUT2D eigenvalue weighted by atomic mass is 15.2. The molecule has 0 saturated carbocycles. The fourth-order valence-electron chi connectivity index (χ4n) is 4.63. The van der Waals surface area contributed by atoms with Gasteiger partial charge in [-0.1, -0.05) is 69.0 Å². The molecule has 2 aromatic carbocycles. The molecular weight excluding hydrogens is 366 g/mol. The molecule has 2 unspecified atom stereocenters. The number of rotatable bonds is 7. The zero-order valence-corrected chi connectivity index (χ0v) is 18.2. The zero-order valence-electron chi connectivity index (χ0n) is 18.2. The highest BCUT2D eigenvalue weighted by Gasteiger charge is 2.41. The minimum Gasteiger partial charge on any atom is -0.384 e. The van der Waals surface area contributed by atoms with Crippen LogP contribution in [0.15, 0.2) is 85.3 Å². The van der Waals surface area contributed by atoms with Gasteiger partial charge in [0.2, 0.25) is 0 Å². The molecule has 3 nitrogen and oxygen atoms in total. The van der Waals surface area contributed by atoms with Crippen LogP contribution in [-0.4, -0.2) is 11.0 Å². The third-order valence-electron chi connectivity index (χ3n) is 6.03. The lowest BCUT2D eigenvalue weighted by Gasteiger charge is -2.34. The molecule has 3 aromatic rings. The predicted octanol–water partition coefficient (Wildman–Crippen LogP) is 5.82. The van der Waals surface area contributed by atoms with Crippen molar-refractivity contribution in [2.45, 2.75) is 45.8 Å². The Labute approximate surface area is 180 Å². The van der Waals surface area contributed by atoms with E-state index >= 15 is 0 Å². The number of hydrogen-bond acceptors (Lipinski definition) is 3. The van der Waals surface area contributed by atoms with Gasteiger partial charge in [0.1, 0.15) is 0 Å². The molecule has 2 atom stereocenters. The topological polar surface area (TPSA) is 28.2 Å². The normalized spacial score (nSPS) is 17.8. The molecule has 1 aliphatic rings. The first-order valence-corrected chi connectivity index (χ1v) is 10.8. The van der Waals surface area contributed by atoms with E-state index in [9.17, 15) is 0 Å². The second-order valence-corrected chi connectivity index (χ2v) is 8.63. The van der Waals surface area contributed by atoms with Crippen molar-refractivity contribution in [3.63, 3.8) is 0 Å². The molecule has 1 aromatic heterocycles. The van der Waals surface area contributed by atoms with Gasteiger partial charge in [-0.3, -0.25) is 4.98 Å². The first-order chi connectivity index (χ1) is 14.5. The zero-order chi connectivity index (χ0) is 21.1. The van der Waals surface area contributed by atoms with Gasteiger partial charge in [0, 0.05) is 48.8 Å². The maximum atomic E-state index is 4.49. The molecule has 0 aliphatic carbocycles. The summed E-state index contributed by atoms with van der Waals surface area (Å²) >= 11 is 0. The minimum atomic E-state index is 0.251. The van der Waals surface area contributed by atoms with Gasteiger partial charge in [-0.2, -0.15) is 0 Å². The van der Waals surface area contributed by atoms with Crippen LogP contribution in [0, 0.1) is 12.8 Å². The highest BCUT2D eigenvalue weighted by molar-refractivity contribution is 5.65. The van der Waals surface area contributed by atoms with E-state index in [0.717, 1.165) is 18.8 Å². The molecule has 0 radical (unpaired) electrons. The van der Waals surface area contributed by atoms with Crippen LogP contribution in [0.2, 0.25) is 0 Å². The summed E-state index contributed by atoms with van der Waals surface area (Å²) in [4.78, 5) is 6.82. The van der Waals surface area contributed by atoms with E-state index in [1.165, 1.54) is 27.9 Å². The van der Waals surface area contributed by atoms with Crippen LogP contribution in [-0.2, 0) is 13.1 Å². The summed E-state index contributed by atoms with van der Waals surface area (Å²) in [5.41, 5.74) is 7.60. The van der Waals surface area contributed by atoms with Crippen LogP contribution in [0.5, 0.6) is 0 Å². The molecule has 0 bridgehead atoms. The Morgan fingerprint density at radius 1 is 1.07 bits per heavy atom. The number of pyridine rings is 1. The third-order valence-corrected chi connectivity index (χ3v) is 6.03. The SMILES string of the molecule is C=C(NCc1cccnc1)C1c2ccc(C)cc2N(Cc2ccccc2)C1C(C)C. The summed E-state index contributed by atoms with van der Waals surface area (Å²) < 4.78 is 0. The molecule has 1 N–H and O–H groups in total. The predicted molar refractivity (Wildman–Crippen MR) is 125 cm³/mol. The molecule has 154 valence electrons. The van der Waals surface area contributed by atoms with Gasteiger partial charge in [-0.15, -0.1) is 0 Å². The van der Waals surface area contributed by atoms with Crippen molar-refractivity contribution in [3.8, 4) is 0 Å². The standard InChI is InChI=1S/C27H31N3/c1-19(2)27-26(21(4)29-17-23-11-8-14-28-16-23)24-13-12-20(3)15-25(24)30(27)18-22-9-6-5-7-10-22/h5-16,19,26-27,29H,4,17-18H2,1-3H3. The first-order valence-electron chi connectivity index (χ1n) is 10.8. The molecule has 30 heavy (non-hydrogen) atoms. The number of aromatic nitrogens is 1. The second kappa shape index (κ2) is 8.74. The second-order valence-electron chi connectivity index (χ2n) is 8.63. The number of benzene rings is 2. The molecule has 0 spiro atoms. The summed E-state index contributed by atoms with van der Waals surface area (Å²) in [6.45, 7) is 13.0. The first kappa shape index (κ1) is 20.2. The minimum absolute atomic E-state index is 0.251. The number of anilines is 1. The largest absolute Gasteiger partial charge is 0.384 e. The lowest BCUT2D eigenvalue weighted by atomic mass is 9.85.